The fraction of sp³-hybridized carbons (Fsp3) is 0.594. The summed E-state index contributed by atoms with van der Waals surface area (Å²) in [6, 6.07) is 11.9. The molecule has 6 rings (SSSR count). The average molecular weight is 585 g/mol. The number of carbonyl (C=O) groups is 1. The first-order valence-electron chi connectivity index (χ1n) is 15.1. The Kier molecular flexibility index (Phi) is 8.17. The Balaban J connectivity index is 1.39. The van der Waals surface area contributed by atoms with E-state index in [-0.39, 0.29) is 28.6 Å². The summed E-state index contributed by atoms with van der Waals surface area (Å²) < 4.78 is 22.4. The molecule has 1 amide bonds. The number of amides is 1. The number of hydrogen-bond acceptors (Lipinski definition) is 5. The molecule has 1 spiro atoms. The van der Waals surface area contributed by atoms with Crippen LogP contribution in [0.3, 0.4) is 0 Å². The van der Waals surface area contributed by atoms with Gasteiger partial charge in [0.1, 0.15) is 16.7 Å². The van der Waals surface area contributed by atoms with Crippen LogP contribution in [-0.4, -0.2) is 46.3 Å². The minimum atomic E-state index is -1.46. The van der Waals surface area contributed by atoms with Crippen LogP contribution in [0.15, 0.2) is 36.4 Å². The van der Waals surface area contributed by atoms with Crippen molar-refractivity contribution in [1.29, 1.82) is 0 Å². The van der Waals surface area contributed by atoms with Gasteiger partial charge in [-0.1, -0.05) is 37.4 Å². The Labute approximate surface area is 245 Å². The topological polar surface area (TPSA) is 78.9 Å². The number of hydrogen-bond donors (Lipinski definition) is 2. The molecule has 2 bridgehead atoms. The zero-order chi connectivity index (χ0) is 27.9. The normalized spacial score (nSPS) is 32.6. The number of aryl methyl sites for hydroxylation is 1. The minimum Gasteiger partial charge on any atom is -0.490 e. The van der Waals surface area contributed by atoms with E-state index in [0.29, 0.717) is 18.1 Å². The van der Waals surface area contributed by atoms with E-state index in [0.717, 1.165) is 93.8 Å². The van der Waals surface area contributed by atoms with E-state index in [2.05, 4.69) is 21.8 Å². The zero-order valence-corrected chi connectivity index (χ0v) is 24.9. The van der Waals surface area contributed by atoms with E-state index in [1.807, 2.05) is 25.1 Å². The molecule has 216 valence electrons. The molecule has 2 heterocycles. The van der Waals surface area contributed by atoms with Crippen molar-refractivity contribution >= 4 is 34.2 Å². The number of rotatable bonds is 1. The van der Waals surface area contributed by atoms with Gasteiger partial charge >= 0.3 is 0 Å². The lowest BCUT2D eigenvalue weighted by atomic mass is 9.68. The standard InChI is InChI=1S/C32H41ClN2O4S/c1-2-25-7-3-4-8-29(36)26-12-9-23(26)18-35-19-32(15-5-6-21-16-24(33)11-13-27(21)32)20-39-30-14-10-22(17-28(30)35)31(37)34-40(25)38/h10-11,13-14,16-17,23,25-26,29,36H,2-9,12,15,18-20H2,1H3,(H,34,37)/t23?,25-,26?,29?,32?,40?/m0/s1. The summed E-state index contributed by atoms with van der Waals surface area (Å²) in [5.41, 5.74) is 3.84. The number of aliphatic hydroxyl groups is 1. The van der Waals surface area contributed by atoms with Crippen molar-refractivity contribution in [1.82, 2.24) is 4.72 Å². The van der Waals surface area contributed by atoms with Crippen LogP contribution in [0.2, 0.25) is 5.02 Å². The maximum absolute atomic E-state index is 13.3. The molecular formula is C32H41ClN2O4S. The van der Waals surface area contributed by atoms with E-state index in [9.17, 15) is 14.1 Å². The van der Waals surface area contributed by atoms with Gasteiger partial charge in [-0.3, -0.25) is 9.52 Å². The highest BCUT2D eigenvalue weighted by Crippen LogP contribution is 2.47. The summed E-state index contributed by atoms with van der Waals surface area (Å²) in [5, 5.41) is 11.8. The van der Waals surface area contributed by atoms with Crippen LogP contribution in [0, 0.1) is 11.8 Å². The first-order chi connectivity index (χ1) is 19.4. The van der Waals surface area contributed by atoms with Gasteiger partial charge < -0.3 is 14.7 Å². The molecule has 6 nitrogen and oxygen atoms in total. The van der Waals surface area contributed by atoms with Crippen molar-refractivity contribution in [2.45, 2.75) is 87.9 Å². The minimum absolute atomic E-state index is 0.0918. The first kappa shape index (κ1) is 28.0. The van der Waals surface area contributed by atoms with Crippen molar-refractivity contribution in [3.05, 3.63) is 58.1 Å². The molecular weight excluding hydrogens is 544 g/mol. The SMILES string of the molecule is CC[C@H]1CCCCC(O)C2CCC2CN2CC3(CCCc4cc(Cl)ccc43)COc3ccc(cc32)C(=O)NS1=O. The van der Waals surface area contributed by atoms with Gasteiger partial charge in [0, 0.05) is 29.1 Å². The molecule has 8 heteroatoms. The Bertz CT molecular complexity index is 1290. The lowest BCUT2D eigenvalue weighted by Gasteiger charge is -2.45. The number of aliphatic hydroxyl groups excluding tert-OH is 1. The lowest BCUT2D eigenvalue weighted by molar-refractivity contribution is 0.00904. The van der Waals surface area contributed by atoms with Crippen LogP contribution in [0.25, 0.3) is 0 Å². The molecule has 1 saturated carbocycles. The molecule has 2 aliphatic carbocycles. The van der Waals surface area contributed by atoms with Crippen LogP contribution < -0.4 is 14.4 Å². The molecule has 40 heavy (non-hydrogen) atoms. The quantitative estimate of drug-likeness (QED) is 0.433. The number of carbonyl (C=O) groups excluding carboxylic acids is 1. The zero-order valence-electron chi connectivity index (χ0n) is 23.4. The number of benzene rings is 2. The van der Waals surface area contributed by atoms with Crippen LogP contribution in [0.1, 0.15) is 86.2 Å². The third-order valence-corrected chi connectivity index (χ3v) is 11.7. The molecule has 4 aliphatic rings. The predicted molar refractivity (Wildman–Crippen MR) is 161 cm³/mol. The van der Waals surface area contributed by atoms with Crippen LogP contribution >= 0.6 is 11.6 Å². The lowest BCUT2D eigenvalue weighted by Crippen LogP contribution is -2.49. The molecule has 0 aromatic heterocycles. The predicted octanol–water partition coefficient (Wildman–Crippen LogP) is 5.95. The third-order valence-electron chi connectivity index (χ3n) is 9.95. The highest BCUT2D eigenvalue weighted by molar-refractivity contribution is 7.84. The van der Waals surface area contributed by atoms with Crippen molar-refractivity contribution < 1.29 is 18.8 Å². The third kappa shape index (κ3) is 5.41. The number of ether oxygens (including phenoxy) is 1. The average Bonchev–Trinajstić information content (AvgIpc) is 3.07. The van der Waals surface area contributed by atoms with Gasteiger partial charge in [0.2, 0.25) is 0 Å². The van der Waals surface area contributed by atoms with Gasteiger partial charge in [0.25, 0.3) is 5.91 Å². The molecule has 2 aromatic rings. The van der Waals surface area contributed by atoms with E-state index >= 15 is 0 Å². The Morgan fingerprint density at radius 3 is 2.77 bits per heavy atom. The summed E-state index contributed by atoms with van der Waals surface area (Å²) in [6.07, 6.45) is 9.07. The number of anilines is 1. The van der Waals surface area contributed by atoms with E-state index in [1.54, 1.807) is 6.07 Å². The molecule has 5 unspecified atom stereocenters. The van der Waals surface area contributed by atoms with Gasteiger partial charge in [-0.05, 0) is 105 Å². The van der Waals surface area contributed by atoms with Gasteiger partial charge in [-0.2, -0.15) is 0 Å². The molecule has 6 atom stereocenters. The smallest absolute Gasteiger partial charge is 0.263 e. The Morgan fingerprint density at radius 1 is 1.12 bits per heavy atom. The summed E-state index contributed by atoms with van der Waals surface area (Å²) in [5.74, 6) is 1.16. The molecule has 1 fully saturated rings. The Hall–Kier alpha value is -2.09. The summed E-state index contributed by atoms with van der Waals surface area (Å²) in [6.45, 7) is 4.18. The second-order valence-corrected chi connectivity index (χ2v) is 14.3. The van der Waals surface area contributed by atoms with E-state index in [4.69, 9.17) is 16.3 Å². The van der Waals surface area contributed by atoms with Gasteiger partial charge in [0.05, 0.1) is 23.6 Å². The van der Waals surface area contributed by atoms with Crippen LogP contribution in [-0.2, 0) is 22.8 Å². The fourth-order valence-electron chi connectivity index (χ4n) is 7.50. The number of fused-ring (bicyclic) bond motifs is 4. The van der Waals surface area contributed by atoms with Gasteiger partial charge in [0.15, 0.2) is 0 Å². The van der Waals surface area contributed by atoms with Gasteiger partial charge in [-0.15, -0.1) is 0 Å². The first-order valence-corrected chi connectivity index (χ1v) is 16.7. The molecule has 2 aliphatic heterocycles. The number of halogens is 1. The van der Waals surface area contributed by atoms with Crippen molar-refractivity contribution in [2.75, 3.05) is 24.6 Å². The second-order valence-electron chi connectivity index (χ2n) is 12.4. The van der Waals surface area contributed by atoms with Crippen LogP contribution in [0.5, 0.6) is 5.75 Å². The monoisotopic (exact) mass is 584 g/mol. The fourth-order valence-corrected chi connectivity index (χ4v) is 8.85. The molecule has 2 N–H and O–H groups in total. The summed E-state index contributed by atoms with van der Waals surface area (Å²) in [7, 11) is -1.46. The number of nitrogens with zero attached hydrogens (tertiary/aromatic N) is 1. The molecule has 0 radical (unpaired) electrons. The van der Waals surface area contributed by atoms with Gasteiger partial charge in [-0.25, -0.2) is 4.21 Å². The van der Waals surface area contributed by atoms with Crippen LogP contribution in [0.4, 0.5) is 5.69 Å². The highest BCUT2D eigenvalue weighted by atomic mass is 35.5. The highest BCUT2D eigenvalue weighted by Gasteiger charge is 2.44. The second kappa shape index (κ2) is 11.7. The largest absolute Gasteiger partial charge is 0.490 e. The van der Waals surface area contributed by atoms with E-state index in [1.165, 1.54) is 11.1 Å². The Morgan fingerprint density at radius 2 is 1.98 bits per heavy atom. The van der Waals surface area contributed by atoms with Crippen molar-refractivity contribution in [3.63, 3.8) is 0 Å². The molecule has 0 saturated heterocycles. The van der Waals surface area contributed by atoms with Crippen molar-refractivity contribution in [2.24, 2.45) is 11.8 Å². The van der Waals surface area contributed by atoms with E-state index < -0.39 is 11.0 Å². The summed E-state index contributed by atoms with van der Waals surface area (Å²) >= 11 is 6.40. The maximum atomic E-state index is 13.3. The molecule has 2 aromatic carbocycles. The summed E-state index contributed by atoms with van der Waals surface area (Å²) in [4.78, 5) is 15.7. The van der Waals surface area contributed by atoms with Crippen molar-refractivity contribution in [3.8, 4) is 5.75 Å². The maximum Gasteiger partial charge on any atom is 0.263 e. The number of nitrogens with one attached hydrogen (secondary N) is 1.